The molecule has 0 bridgehead atoms. The average Bonchev–Trinajstić information content (AvgIpc) is 2.65. The number of nitrogens with zero attached hydrogens (tertiary/aromatic N) is 3. The first-order chi connectivity index (χ1) is 9.69. The van der Waals surface area contributed by atoms with Crippen LogP contribution in [0.4, 0.5) is 0 Å². The van der Waals surface area contributed by atoms with E-state index in [1.165, 1.54) is 6.42 Å². The maximum atomic E-state index is 9.04. The van der Waals surface area contributed by atoms with Gasteiger partial charge in [0.1, 0.15) is 0 Å². The van der Waals surface area contributed by atoms with Gasteiger partial charge in [0.2, 0.25) is 0 Å². The minimum absolute atomic E-state index is 0.273. The molecule has 2 saturated heterocycles. The van der Waals surface area contributed by atoms with Crippen molar-refractivity contribution < 1.29 is 9.84 Å². The van der Waals surface area contributed by atoms with Crippen LogP contribution in [0.2, 0.25) is 0 Å². The van der Waals surface area contributed by atoms with Crippen molar-refractivity contribution in [1.29, 1.82) is 0 Å². The largest absolute Gasteiger partial charge is 0.395 e. The van der Waals surface area contributed by atoms with Crippen molar-refractivity contribution in [2.75, 3.05) is 65.6 Å². The molecule has 0 aromatic carbocycles. The topological polar surface area (TPSA) is 39.2 Å². The van der Waals surface area contributed by atoms with Crippen molar-refractivity contribution in [1.82, 2.24) is 14.7 Å². The predicted molar refractivity (Wildman–Crippen MR) is 81.0 cm³/mol. The summed E-state index contributed by atoms with van der Waals surface area (Å²) in [5, 5.41) is 9.04. The van der Waals surface area contributed by atoms with E-state index in [4.69, 9.17) is 9.84 Å². The van der Waals surface area contributed by atoms with Gasteiger partial charge >= 0.3 is 0 Å². The number of aliphatic hydroxyl groups excluding tert-OH is 1. The molecule has 2 fully saturated rings. The second kappa shape index (κ2) is 8.29. The van der Waals surface area contributed by atoms with E-state index in [2.05, 4.69) is 28.5 Å². The minimum Gasteiger partial charge on any atom is -0.395 e. The normalized spacial score (nSPS) is 27.9. The Hall–Kier alpha value is -0.200. The van der Waals surface area contributed by atoms with Gasteiger partial charge in [-0.15, -0.1) is 0 Å². The molecule has 1 unspecified atom stereocenters. The molecular weight excluding hydrogens is 254 g/mol. The van der Waals surface area contributed by atoms with Gasteiger partial charge in [0, 0.05) is 45.3 Å². The maximum absolute atomic E-state index is 9.04. The summed E-state index contributed by atoms with van der Waals surface area (Å²) in [6, 6.07) is 0.616. The molecule has 118 valence electrons. The summed E-state index contributed by atoms with van der Waals surface area (Å²) in [7, 11) is 0. The van der Waals surface area contributed by atoms with Crippen LogP contribution in [0.25, 0.3) is 0 Å². The van der Waals surface area contributed by atoms with Crippen molar-refractivity contribution in [2.24, 2.45) is 0 Å². The maximum Gasteiger partial charge on any atom is 0.0829 e. The second-order valence-electron chi connectivity index (χ2n) is 6.30. The molecule has 0 aliphatic carbocycles. The zero-order valence-corrected chi connectivity index (χ0v) is 13.1. The predicted octanol–water partition coefficient (Wildman–Crippen LogP) is 0.0956. The SMILES string of the molecule is CC(C)N1CCOC(CN2CCCN(CCO)CC2)C1. The number of β-amino-alcohol motifs (C(OH)–C–C–N with tert-alkyl or cyclic N) is 1. The Bertz CT molecular complexity index is 276. The van der Waals surface area contributed by atoms with Gasteiger partial charge < -0.3 is 9.84 Å². The Kier molecular flexibility index (Phi) is 6.71. The molecule has 20 heavy (non-hydrogen) atoms. The van der Waals surface area contributed by atoms with Crippen LogP contribution in [0.15, 0.2) is 0 Å². The number of rotatable bonds is 5. The van der Waals surface area contributed by atoms with Crippen molar-refractivity contribution in [3.63, 3.8) is 0 Å². The minimum atomic E-state index is 0.273. The molecule has 1 atom stereocenters. The first kappa shape index (κ1) is 16.2. The van der Waals surface area contributed by atoms with Gasteiger partial charge in [-0.2, -0.15) is 0 Å². The smallest absolute Gasteiger partial charge is 0.0829 e. The van der Waals surface area contributed by atoms with Gasteiger partial charge in [0.05, 0.1) is 19.3 Å². The summed E-state index contributed by atoms with van der Waals surface area (Å²) in [4.78, 5) is 7.41. The van der Waals surface area contributed by atoms with Crippen molar-refractivity contribution in [3.05, 3.63) is 0 Å². The molecule has 2 aliphatic heterocycles. The van der Waals surface area contributed by atoms with Crippen LogP contribution >= 0.6 is 0 Å². The Labute approximate surface area is 123 Å². The molecule has 0 spiro atoms. The lowest BCUT2D eigenvalue weighted by atomic mass is 10.2. The Morgan fingerprint density at radius 3 is 2.60 bits per heavy atom. The van der Waals surface area contributed by atoms with E-state index in [1.807, 2.05) is 0 Å². The molecule has 0 aromatic heterocycles. The summed E-state index contributed by atoms with van der Waals surface area (Å²) in [5.41, 5.74) is 0. The van der Waals surface area contributed by atoms with Gasteiger partial charge in [0.25, 0.3) is 0 Å². The third kappa shape index (κ3) is 4.97. The van der Waals surface area contributed by atoms with Gasteiger partial charge in [0.15, 0.2) is 0 Å². The number of aliphatic hydroxyl groups is 1. The van der Waals surface area contributed by atoms with Crippen LogP contribution in [0, 0.1) is 0 Å². The third-order valence-electron chi connectivity index (χ3n) is 4.46. The Morgan fingerprint density at radius 2 is 1.85 bits per heavy atom. The van der Waals surface area contributed by atoms with E-state index in [0.717, 1.165) is 59.0 Å². The monoisotopic (exact) mass is 285 g/mol. The summed E-state index contributed by atoms with van der Waals surface area (Å²) >= 11 is 0. The van der Waals surface area contributed by atoms with E-state index in [9.17, 15) is 0 Å². The highest BCUT2D eigenvalue weighted by atomic mass is 16.5. The summed E-state index contributed by atoms with van der Waals surface area (Å²) in [5.74, 6) is 0. The van der Waals surface area contributed by atoms with Crippen LogP contribution < -0.4 is 0 Å². The number of ether oxygens (including phenoxy) is 1. The molecule has 2 rings (SSSR count). The van der Waals surface area contributed by atoms with E-state index >= 15 is 0 Å². The quantitative estimate of drug-likeness (QED) is 0.775. The average molecular weight is 285 g/mol. The molecule has 5 nitrogen and oxygen atoms in total. The van der Waals surface area contributed by atoms with Crippen LogP contribution in [-0.4, -0.2) is 97.5 Å². The molecule has 1 N–H and O–H groups in total. The molecule has 0 radical (unpaired) electrons. The van der Waals surface area contributed by atoms with Gasteiger partial charge in [-0.1, -0.05) is 0 Å². The summed E-state index contributed by atoms with van der Waals surface area (Å²) < 4.78 is 5.94. The van der Waals surface area contributed by atoms with Gasteiger partial charge in [-0.25, -0.2) is 0 Å². The fourth-order valence-corrected chi connectivity index (χ4v) is 3.18. The number of hydrogen-bond donors (Lipinski definition) is 1. The highest BCUT2D eigenvalue weighted by Crippen LogP contribution is 2.11. The molecule has 5 heteroatoms. The number of morpholine rings is 1. The molecule has 2 heterocycles. The molecule has 0 aromatic rings. The Morgan fingerprint density at radius 1 is 1.10 bits per heavy atom. The molecule has 0 saturated carbocycles. The van der Waals surface area contributed by atoms with Crippen LogP contribution in [0.5, 0.6) is 0 Å². The zero-order chi connectivity index (χ0) is 14.4. The fraction of sp³-hybridized carbons (Fsp3) is 1.00. The lowest BCUT2D eigenvalue weighted by molar-refractivity contribution is -0.0517. The van der Waals surface area contributed by atoms with Crippen molar-refractivity contribution >= 4 is 0 Å². The van der Waals surface area contributed by atoms with E-state index in [1.54, 1.807) is 0 Å². The van der Waals surface area contributed by atoms with E-state index in [-0.39, 0.29) is 6.61 Å². The zero-order valence-electron chi connectivity index (χ0n) is 13.1. The van der Waals surface area contributed by atoms with Crippen LogP contribution in [-0.2, 0) is 4.74 Å². The highest BCUT2D eigenvalue weighted by Gasteiger charge is 2.25. The second-order valence-corrected chi connectivity index (χ2v) is 6.30. The molecule has 2 aliphatic rings. The summed E-state index contributed by atoms with van der Waals surface area (Å²) in [6.45, 7) is 14.1. The Balaban J connectivity index is 1.75. The highest BCUT2D eigenvalue weighted by molar-refractivity contribution is 4.78. The summed E-state index contributed by atoms with van der Waals surface area (Å²) in [6.07, 6.45) is 1.55. The molecular formula is C15H31N3O2. The standard InChI is InChI=1S/C15H31N3O2/c1-14(2)18-9-11-20-15(13-18)12-17-5-3-4-16(6-7-17)8-10-19/h14-15,19H,3-13H2,1-2H3. The van der Waals surface area contributed by atoms with Gasteiger partial charge in [-0.3, -0.25) is 14.7 Å². The van der Waals surface area contributed by atoms with Gasteiger partial charge in [-0.05, 0) is 33.4 Å². The number of hydrogen-bond acceptors (Lipinski definition) is 5. The van der Waals surface area contributed by atoms with E-state index in [0.29, 0.717) is 12.1 Å². The van der Waals surface area contributed by atoms with E-state index < -0.39 is 0 Å². The lowest BCUT2D eigenvalue weighted by Gasteiger charge is -2.37. The van der Waals surface area contributed by atoms with Crippen LogP contribution in [0.3, 0.4) is 0 Å². The van der Waals surface area contributed by atoms with Crippen molar-refractivity contribution in [3.8, 4) is 0 Å². The molecule has 0 amide bonds. The first-order valence-corrected chi connectivity index (χ1v) is 8.10. The van der Waals surface area contributed by atoms with Crippen LogP contribution in [0.1, 0.15) is 20.3 Å². The van der Waals surface area contributed by atoms with Crippen molar-refractivity contribution in [2.45, 2.75) is 32.4 Å². The lowest BCUT2D eigenvalue weighted by Crippen LogP contribution is -2.50. The first-order valence-electron chi connectivity index (χ1n) is 8.10. The third-order valence-corrected chi connectivity index (χ3v) is 4.46. The fourth-order valence-electron chi connectivity index (χ4n) is 3.18.